The third kappa shape index (κ3) is 8.46. The number of hydrogen-bond acceptors (Lipinski definition) is 4. The van der Waals surface area contributed by atoms with Gasteiger partial charge in [0.05, 0.1) is 19.1 Å². The Morgan fingerprint density at radius 2 is 1.77 bits per heavy atom. The van der Waals surface area contributed by atoms with Crippen molar-refractivity contribution < 1.29 is 19.4 Å². The highest BCUT2D eigenvalue weighted by atomic mass is 32.1. The first-order valence-corrected chi connectivity index (χ1v) is 12.1. The van der Waals surface area contributed by atoms with Gasteiger partial charge in [-0.15, -0.1) is 11.3 Å². The van der Waals surface area contributed by atoms with Crippen molar-refractivity contribution in [3.8, 4) is 11.1 Å². The van der Waals surface area contributed by atoms with Crippen molar-refractivity contribution in [2.45, 2.75) is 71.4 Å². The molecular weight excluding hydrogens is 410 g/mol. The highest BCUT2D eigenvalue weighted by Gasteiger charge is 2.16. The highest BCUT2D eigenvalue weighted by Crippen LogP contribution is 2.29. The number of carbonyl (C=O) groups is 2. The molecule has 0 unspecified atom stereocenters. The van der Waals surface area contributed by atoms with Gasteiger partial charge in [0.2, 0.25) is 5.91 Å². The number of carboxylic acids is 1. The Morgan fingerprint density at radius 1 is 1.06 bits per heavy atom. The molecule has 0 radical (unpaired) electrons. The van der Waals surface area contributed by atoms with E-state index in [0.717, 1.165) is 34.4 Å². The molecule has 1 aromatic heterocycles. The topological polar surface area (TPSA) is 66.8 Å². The zero-order chi connectivity index (χ0) is 22.6. The molecular formula is C25H35NO4S. The second kappa shape index (κ2) is 13.3. The molecule has 0 saturated heterocycles. The number of unbranched alkanes of at least 4 members (excludes halogenated alkanes) is 4. The number of benzene rings is 1. The average molecular weight is 446 g/mol. The summed E-state index contributed by atoms with van der Waals surface area (Å²) in [6, 6.07) is 10.00. The van der Waals surface area contributed by atoms with E-state index in [2.05, 4.69) is 18.4 Å². The van der Waals surface area contributed by atoms with Crippen molar-refractivity contribution in [2.75, 3.05) is 13.7 Å². The zero-order valence-corrected chi connectivity index (χ0v) is 19.7. The van der Waals surface area contributed by atoms with Gasteiger partial charge in [-0.3, -0.25) is 9.59 Å². The maximum atomic E-state index is 12.4. The lowest BCUT2D eigenvalue weighted by molar-refractivity contribution is -0.140. The molecule has 5 nitrogen and oxygen atoms in total. The van der Waals surface area contributed by atoms with Crippen molar-refractivity contribution in [1.29, 1.82) is 0 Å². The van der Waals surface area contributed by atoms with Crippen LogP contribution in [0, 0.1) is 0 Å². The van der Waals surface area contributed by atoms with E-state index in [0.29, 0.717) is 19.6 Å². The molecule has 1 N–H and O–H groups in total. The summed E-state index contributed by atoms with van der Waals surface area (Å²) in [6.45, 7) is 5.16. The first kappa shape index (κ1) is 25.1. The van der Waals surface area contributed by atoms with Crippen LogP contribution in [-0.2, 0) is 20.9 Å². The predicted molar refractivity (Wildman–Crippen MR) is 126 cm³/mol. The summed E-state index contributed by atoms with van der Waals surface area (Å²) in [5, 5.41) is 11.2. The lowest BCUT2D eigenvalue weighted by atomic mass is 10.0. The second-order valence-electron chi connectivity index (χ2n) is 7.88. The molecule has 2 rings (SSSR count). The molecule has 0 fully saturated rings. The van der Waals surface area contributed by atoms with Crippen molar-refractivity contribution in [3.63, 3.8) is 0 Å². The second-order valence-corrected chi connectivity index (χ2v) is 8.88. The summed E-state index contributed by atoms with van der Waals surface area (Å²) in [4.78, 5) is 26.4. The van der Waals surface area contributed by atoms with Crippen LogP contribution in [0.5, 0.6) is 0 Å². The van der Waals surface area contributed by atoms with Crippen LogP contribution in [0.1, 0.15) is 75.3 Å². The van der Waals surface area contributed by atoms with E-state index >= 15 is 0 Å². The monoisotopic (exact) mass is 445 g/mol. The Hall–Kier alpha value is -2.18. The number of amides is 1. The number of aliphatic carboxylic acids is 1. The zero-order valence-electron chi connectivity index (χ0n) is 18.9. The quantitative estimate of drug-likeness (QED) is 0.347. The smallest absolute Gasteiger partial charge is 0.306 e. The maximum Gasteiger partial charge on any atom is 0.306 e. The Morgan fingerprint density at radius 3 is 2.42 bits per heavy atom. The van der Waals surface area contributed by atoms with Gasteiger partial charge in [-0.2, -0.15) is 0 Å². The van der Waals surface area contributed by atoms with Gasteiger partial charge in [0, 0.05) is 25.0 Å². The number of thiophene rings is 1. The summed E-state index contributed by atoms with van der Waals surface area (Å²) >= 11 is 1.66. The molecule has 170 valence electrons. The number of ether oxygens (including phenoxy) is 1. The van der Waals surface area contributed by atoms with E-state index in [1.165, 1.54) is 19.3 Å². The minimum atomic E-state index is -0.871. The van der Waals surface area contributed by atoms with E-state index in [4.69, 9.17) is 9.84 Å². The largest absolute Gasteiger partial charge is 0.481 e. The Kier molecular flexibility index (Phi) is 10.7. The molecule has 0 aliphatic heterocycles. The highest BCUT2D eigenvalue weighted by molar-refractivity contribution is 7.10. The van der Waals surface area contributed by atoms with Crippen LogP contribution in [0.2, 0.25) is 0 Å². The van der Waals surface area contributed by atoms with E-state index in [1.807, 2.05) is 43.1 Å². The van der Waals surface area contributed by atoms with Crippen LogP contribution in [0.15, 0.2) is 35.7 Å². The molecule has 0 aliphatic carbocycles. The van der Waals surface area contributed by atoms with Gasteiger partial charge in [0.15, 0.2) is 0 Å². The van der Waals surface area contributed by atoms with Crippen LogP contribution in [-0.4, -0.2) is 35.5 Å². The SMILES string of the molecule is CCCCCCCC(=O)N(C)Cc1cc(-c2ccc([C@H](CC(=O)O)OCC)cc2)cs1. The maximum absolute atomic E-state index is 12.4. The van der Waals surface area contributed by atoms with Gasteiger partial charge >= 0.3 is 5.97 Å². The van der Waals surface area contributed by atoms with Crippen LogP contribution in [0.25, 0.3) is 11.1 Å². The number of carboxylic acid groups (broad SMARTS) is 1. The molecule has 1 amide bonds. The van der Waals surface area contributed by atoms with Gasteiger partial charge in [-0.25, -0.2) is 0 Å². The third-order valence-electron chi connectivity index (χ3n) is 5.31. The van der Waals surface area contributed by atoms with Crippen LogP contribution in [0.4, 0.5) is 0 Å². The van der Waals surface area contributed by atoms with Crippen molar-refractivity contribution in [1.82, 2.24) is 4.90 Å². The van der Waals surface area contributed by atoms with Crippen molar-refractivity contribution >= 4 is 23.2 Å². The van der Waals surface area contributed by atoms with Crippen molar-refractivity contribution in [2.24, 2.45) is 0 Å². The fraction of sp³-hybridized carbons (Fsp3) is 0.520. The van der Waals surface area contributed by atoms with Gasteiger partial charge in [0.1, 0.15) is 0 Å². The Labute approximate surface area is 190 Å². The Bertz CT molecular complexity index is 815. The molecule has 1 aromatic carbocycles. The molecule has 1 atom stereocenters. The minimum absolute atomic E-state index is 0.0469. The average Bonchev–Trinajstić information content (AvgIpc) is 3.21. The number of rotatable bonds is 14. The molecule has 0 spiro atoms. The molecule has 0 bridgehead atoms. The number of hydrogen-bond donors (Lipinski definition) is 1. The molecule has 0 aliphatic rings. The van der Waals surface area contributed by atoms with Gasteiger partial charge in [0.25, 0.3) is 0 Å². The van der Waals surface area contributed by atoms with E-state index in [-0.39, 0.29) is 12.3 Å². The van der Waals surface area contributed by atoms with E-state index in [9.17, 15) is 9.59 Å². The summed E-state index contributed by atoms with van der Waals surface area (Å²) in [5.74, 6) is -0.666. The fourth-order valence-electron chi connectivity index (χ4n) is 3.53. The molecule has 0 saturated carbocycles. The molecule has 2 aromatic rings. The summed E-state index contributed by atoms with van der Waals surface area (Å²) in [7, 11) is 1.87. The number of nitrogens with zero attached hydrogens (tertiary/aromatic N) is 1. The van der Waals surface area contributed by atoms with Gasteiger partial charge in [-0.05, 0) is 41.5 Å². The number of carbonyl (C=O) groups excluding carboxylic acids is 1. The molecule has 31 heavy (non-hydrogen) atoms. The van der Waals surface area contributed by atoms with Crippen LogP contribution >= 0.6 is 11.3 Å². The lowest BCUT2D eigenvalue weighted by Gasteiger charge is -2.16. The lowest BCUT2D eigenvalue weighted by Crippen LogP contribution is -2.25. The molecule has 1 heterocycles. The van der Waals surface area contributed by atoms with E-state index < -0.39 is 12.1 Å². The standard InChI is InChI=1S/C25H35NO4S/c1-4-6-7-8-9-10-24(27)26(3)17-22-15-21(18-31-22)19-11-13-20(14-12-19)23(30-5-2)16-25(28)29/h11-15,18,23H,4-10,16-17H2,1-3H3,(H,28,29)/t23-/m0/s1. The predicted octanol–water partition coefficient (Wildman–Crippen LogP) is 6.29. The first-order valence-electron chi connectivity index (χ1n) is 11.2. The van der Waals surface area contributed by atoms with Crippen molar-refractivity contribution in [3.05, 3.63) is 46.2 Å². The first-order chi connectivity index (χ1) is 14.9. The summed E-state index contributed by atoms with van der Waals surface area (Å²) in [5.41, 5.74) is 3.05. The van der Waals surface area contributed by atoms with Crippen LogP contribution < -0.4 is 0 Å². The summed E-state index contributed by atoms with van der Waals surface area (Å²) in [6.07, 6.45) is 5.91. The normalized spacial score (nSPS) is 12.0. The Balaban J connectivity index is 1.92. The minimum Gasteiger partial charge on any atom is -0.481 e. The summed E-state index contributed by atoms with van der Waals surface area (Å²) < 4.78 is 5.59. The fourth-order valence-corrected chi connectivity index (χ4v) is 4.48. The van der Waals surface area contributed by atoms with E-state index in [1.54, 1.807) is 11.3 Å². The van der Waals surface area contributed by atoms with Gasteiger partial charge in [-0.1, -0.05) is 56.9 Å². The third-order valence-corrected chi connectivity index (χ3v) is 6.23. The van der Waals surface area contributed by atoms with Crippen LogP contribution in [0.3, 0.4) is 0 Å². The molecule has 6 heteroatoms. The van der Waals surface area contributed by atoms with Gasteiger partial charge < -0.3 is 14.7 Å².